The Labute approximate surface area is 195 Å². The maximum Gasteiger partial charge on any atom is 0.311 e. The van der Waals surface area contributed by atoms with Crippen LogP contribution in [0.25, 0.3) is 5.65 Å². The zero-order valence-corrected chi connectivity index (χ0v) is 18.3. The molecule has 0 saturated carbocycles. The van der Waals surface area contributed by atoms with Crippen LogP contribution in [0.1, 0.15) is 32.3 Å². The van der Waals surface area contributed by atoms with Crippen LogP contribution >= 0.6 is 0 Å². The van der Waals surface area contributed by atoms with Gasteiger partial charge in [0.15, 0.2) is 0 Å². The van der Waals surface area contributed by atoms with E-state index in [1.807, 2.05) is 12.1 Å². The fourth-order valence-electron chi connectivity index (χ4n) is 4.07. The quantitative estimate of drug-likeness (QED) is 0.384. The number of β-amino-alcohol motifs (C(OH)–C–C–N with tert-alkyl or cyclic N) is 1. The Morgan fingerprint density at radius 2 is 1.97 bits per heavy atom. The zero-order valence-electron chi connectivity index (χ0n) is 18.3. The second kappa shape index (κ2) is 9.46. The Hall–Kier alpha value is -4.02. The van der Waals surface area contributed by atoms with Crippen molar-refractivity contribution in [2.75, 3.05) is 25.0 Å². The van der Waals surface area contributed by atoms with Crippen molar-refractivity contribution in [3.05, 3.63) is 84.0 Å². The molecule has 34 heavy (non-hydrogen) atoms. The molecule has 3 N–H and O–H groups in total. The summed E-state index contributed by atoms with van der Waals surface area (Å²) in [5, 5.41) is 15.9. The van der Waals surface area contributed by atoms with Gasteiger partial charge < -0.3 is 24.6 Å². The number of imidazole rings is 1. The van der Waals surface area contributed by atoms with E-state index in [-0.39, 0.29) is 24.0 Å². The molecule has 4 aromatic rings. The van der Waals surface area contributed by atoms with Crippen molar-refractivity contribution in [1.82, 2.24) is 24.6 Å². The van der Waals surface area contributed by atoms with E-state index in [0.29, 0.717) is 17.9 Å². The van der Waals surface area contributed by atoms with Gasteiger partial charge in [0.25, 0.3) is 11.8 Å². The van der Waals surface area contributed by atoms with E-state index in [1.54, 1.807) is 28.9 Å². The second-order valence-corrected chi connectivity index (χ2v) is 8.22. The highest BCUT2D eigenvalue weighted by atomic mass is 16.3. The van der Waals surface area contributed by atoms with Crippen molar-refractivity contribution >= 4 is 23.1 Å². The van der Waals surface area contributed by atoms with Gasteiger partial charge in [0.05, 0.1) is 18.0 Å². The van der Waals surface area contributed by atoms with E-state index in [4.69, 9.17) is 4.42 Å². The first-order valence-corrected chi connectivity index (χ1v) is 11.0. The van der Waals surface area contributed by atoms with Crippen LogP contribution in [0.3, 0.4) is 0 Å². The van der Waals surface area contributed by atoms with Gasteiger partial charge in [0, 0.05) is 38.6 Å². The molecule has 4 heterocycles. The molecule has 1 atom stereocenters. The third kappa shape index (κ3) is 4.82. The summed E-state index contributed by atoms with van der Waals surface area (Å²) in [5.41, 5.74) is 3.90. The number of amides is 2. The van der Waals surface area contributed by atoms with Crippen molar-refractivity contribution in [1.29, 1.82) is 0 Å². The second-order valence-electron chi connectivity index (χ2n) is 8.22. The molecular weight excluding hydrogens is 436 g/mol. The molecule has 0 radical (unpaired) electrons. The Kier molecular flexibility index (Phi) is 6.07. The van der Waals surface area contributed by atoms with Crippen LogP contribution in [0.5, 0.6) is 0 Å². The molecule has 0 bridgehead atoms. The maximum absolute atomic E-state index is 12.6. The highest BCUT2D eigenvalue weighted by Crippen LogP contribution is 2.18. The number of nitrogens with zero attached hydrogens (tertiary/aromatic N) is 4. The van der Waals surface area contributed by atoms with Crippen molar-refractivity contribution in [3.63, 3.8) is 0 Å². The average molecular weight is 460 g/mol. The Balaban J connectivity index is 1.15. The third-order valence-corrected chi connectivity index (χ3v) is 5.75. The molecular formula is C24H24N6O4. The van der Waals surface area contributed by atoms with Gasteiger partial charge in [-0.25, -0.2) is 9.97 Å². The molecule has 0 aliphatic carbocycles. The lowest BCUT2D eigenvalue weighted by molar-refractivity contribution is 0.0838. The number of aromatic nitrogens is 3. The summed E-state index contributed by atoms with van der Waals surface area (Å²) < 4.78 is 6.62. The Bertz CT molecular complexity index is 1320. The van der Waals surface area contributed by atoms with Gasteiger partial charge in [-0.1, -0.05) is 24.3 Å². The van der Waals surface area contributed by atoms with Crippen molar-refractivity contribution in [2.24, 2.45) is 0 Å². The molecule has 1 aliphatic heterocycles. The van der Waals surface area contributed by atoms with E-state index < -0.39 is 12.0 Å². The number of rotatable bonds is 7. The van der Waals surface area contributed by atoms with Crippen LogP contribution in [0.15, 0.2) is 65.7 Å². The third-order valence-electron chi connectivity index (χ3n) is 5.75. The van der Waals surface area contributed by atoms with Crippen LogP contribution in [0.4, 0.5) is 5.69 Å². The van der Waals surface area contributed by atoms with Crippen LogP contribution < -0.4 is 10.6 Å². The minimum atomic E-state index is -0.691. The normalized spacial score (nSPS) is 14.5. The SMILES string of the molecule is O=C(NCC(O)CN1CCc2ccccc2C1)c1cn2cc(NC(=O)c3ncco3)ccc2n1. The Morgan fingerprint density at radius 1 is 1.12 bits per heavy atom. The lowest BCUT2D eigenvalue weighted by Crippen LogP contribution is -2.42. The molecule has 0 saturated heterocycles. The molecule has 5 rings (SSSR count). The molecule has 1 unspecified atom stereocenters. The Morgan fingerprint density at radius 3 is 2.79 bits per heavy atom. The number of benzene rings is 1. The van der Waals surface area contributed by atoms with E-state index >= 15 is 0 Å². The molecule has 1 aromatic carbocycles. The summed E-state index contributed by atoms with van der Waals surface area (Å²) in [4.78, 5) is 35.0. The van der Waals surface area contributed by atoms with E-state index in [2.05, 4.69) is 37.6 Å². The monoisotopic (exact) mass is 460 g/mol. The first-order valence-electron chi connectivity index (χ1n) is 11.0. The predicted octanol–water partition coefficient (Wildman–Crippen LogP) is 1.72. The molecule has 10 nitrogen and oxygen atoms in total. The number of hydrogen-bond donors (Lipinski definition) is 3. The summed E-state index contributed by atoms with van der Waals surface area (Å²) in [6.45, 7) is 2.28. The largest absolute Gasteiger partial charge is 0.441 e. The predicted molar refractivity (Wildman–Crippen MR) is 123 cm³/mol. The van der Waals surface area contributed by atoms with Gasteiger partial charge in [-0.3, -0.25) is 14.5 Å². The van der Waals surface area contributed by atoms with E-state index in [1.165, 1.54) is 23.6 Å². The molecule has 2 amide bonds. The number of carbonyl (C=O) groups excluding carboxylic acids is 2. The van der Waals surface area contributed by atoms with Crippen molar-refractivity contribution in [2.45, 2.75) is 19.1 Å². The topological polar surface area (TPSA) is 125 Å². The number of nitrogens with one attached hydrogen (secondary N) is 2. The van der Waals surface area contributed by atoms with E-state index in [9.17, 15) is 14.7 Å². The summed E-state index contributed by atoms with van der Waals surface area (Å²) in [5.74, 6) is -0.899. The fraction of sp³-hybridized carbons (Fsp3) is 0.250. The van der Waals surface area contributed by atoms with Gasteiger partial charge in [0.1, 0.15) is 17.6 Å². The molecule has 3 aromatic heterocycles. The summed E-state index contributed by atoms with van der Waals surface area (Å²) >= 11 is 0. The molecule has 1 aliphatic rings. The number of aliphatic hydroxyl groups excluding tert-OH is 1. The molecule has 0 fully saturated rings. The van der Waals surface area contributed by atoms with Gasteiger partial charge >= 0.3 is 5.91 Å². The lowest BCUT2D eigenvalue weighted by Gasteiger charge is -2.30. The number of pyridine rings is 1. The number of aliphatic hydroxyl groups is 1. The van der Waals surface area contributed by atoms with Crippen LogP contribution in [0, 0.1) is 0 Å². The lowest BCUT2D eigenvalue weighted by atomic mass is 10.00. The highest BCUT2D eigenvalue weighted by molar-refractivity contribution is 6.00. The minimum Gasteiger partial charge on any atom is -0.441 e. The summed E-state index contributed by atoms with van der Waals surface area (Å²) in [6.07, 6.45) is 6.19. The standard InChI is InChI=1S/C24H24N6O4/c31-19(14-29-9-7-16-3-1-2-4-17(16)12-29)11-26-22(32)20-15-30-13-18(5-6-21(30)28-20)27-23(33)24-25-8-10-34-24/h1-6,8,10,13,15,19,31H,7,9,11-12,14H2,(H,26,32)(H,27,33). The van der Waals surface area contributed by atoms with E-state index in [0.717, 1.165) is 19.5 Å². The fourth-order valence-corrected chi connectivity index (χ4v) is 4.07. The van der Waals surface area contributed by atoms with Gasteiger partial charge in [-0.2, -0.15) is 0 Å². The van der Waals surface area contributed by atoms with Crippen LogP contribution in [0.2, 0.25) is 0 Å². The number of oxazole rings is 1. The molecule has 10 heteroatoms. The van der Waals surface area contributed by atoms with Gasteiger partial charge in [-0.05, 0) is 29.7 Å². The summed E-state index contributed by atoms with van der Waals surface area (Å²) in [7, 11) is 0. The number of hydrogen-bond acceptors (Lipinski definition) is 7. The maximum atomic E-state index is 12.6. The number of anilines is 1. The summed E-state index contributed by atoms with van der Waals surface area (Å²) in [6, 6.07) is 11.7. The molecule has 0 spiro atoms. The first-order chi connectivity index (χ1) is 16.5. The average Bonchev–Trinajstić information content (AvgIpc) is 3.52. The van der Waals surface area contributed by atoms with Crippen molar-refractivity contribution < 1.29 is 19.1 Å². The molecule has 174 valence electrons. The highest BCUT2D eigenvalue weighted by Gasteiger charge is 2.19. The first kappa shape index (κ1) is 21.8. The van der Waals surface area contributed by atoms with Gasteiger partial charge in [-0.15, -0.1) is 0 Å². The number of carbonyl (C=O) groups is 2. The van der Waals surface area contributed by atoms with Gasteiger partial charge in [0.2, 0.25) is 0 Å². The number of fused-ring (bicyclic) bond motifs is 2. The smallest absolute Gasteiger partial charge is 0.311 e. The zero-order chi connectivity index (χ0) is 23.5. The van der Waals surface area contributed by atoms with Crippen LogP contribution in [-0.2, 0) is 13.0 Å². The van der Waals surface area contributed by atoms with Crippen molar-refractivity contribution in [3.8, 4) is 0 Å². The van der Waals surface area contributed by atoms with Crippen LogP contribution in [-0.4, -0.2) is 61.9 Å². The minimum absolute atomic E-state index is 0.0434.